The van der Waals surface area contributed by atoms with E-state index in [4.69, 9.17) is 0 Å². The molecule has 0 heterocycles. The summed E-state index contributed by atoms with van der Waals surface area (Å²) in [5.74, 6) is 1.13. The molecule has 17 heavy (non-hydrogen) atoms. The lowest BCUT2D eigenvalue weighted by atomic mass is 9.85. The Bertz CT molecular complexity index is 324. The number of halogens is 1. The predicted octanol–water partition coefficient (Wildman–Crippen LogP) is 3.64. The van der Waals surface area contributed by atoms with Gasteiger partial charge in [0.25, 0.3) is 0 Å². The molecule has 1 N–H and O–H groups in total. The van der Waals surface area contributed by atoms with Crippen LogP contribution in [0.15, 0.2) is 24.3 Å². The quantitative estimate of drug-likeness (QED) is 0.763. The summed E-state index contributed by atoms with van der Waals surface area (Å²) in [7, 11) is 1.98. The molecule has 2 heteroatoms. The zero-order chi connectivity index (χ0) is 12.7. The molecule has 0 saturated heterocycles. The van der Waals surface area contributed by atoms with E-state index in [0.717, 1.165) is 18.5 Å². The van der Waals surface area contributed by atoms with Crippen molar-refractivity contribution in [3.8, 4) is 0 Å². The minimum absolute atomic E-state index is 0.131. The Morgan fingerprint density at radius 2 is 2.12 bits per heavy atom. The number of hydrogen-bond donors (Lipinski definition) is 1. The lowest BCUT2D eigenvalue weighted by Crippen LogP contribution is -2.26. The first-order valence-electron chi connectivity index (χ1n) is 6.56. The average molecular weight is 237 g/mol. The highest BCUT2D eigenvalue weighted by molar-refractivity contribution is 5.17. The van der Waals surface area contributed by atoms with E-state index in [-0.39, 0.29) is 5.82 Å². The van der Waals surface area contributed by atoms with Gasteiger partial charge in [-0.2, -0.15) is 0 Å². The van der Waals surface area contributed by atoms with Gasteiger partial charge in [0.2, 0.25) is 0 Å². The van der Waals surface area contributed by atoms with Crippen molar-refractivity contribution in [1.29, 1.82) is 0 Å². The lowest BCUT2D eigenvalue weighted by Gasteiger charge is -2.23. The summed E-state index contributed by atoms with van der Waals surface area (Å²) in [6.45, 7) is 5.51. The number of benzene rings is 1. The second kappa shape index (κ2) is 7.44. The Morgan fingerprint density at radius 1 is 1.35 bits per heavy atom. The molecule has 0 saturated carbocycles. The first-order chi connectivity index (χ1) is 8.17. The van der Waals surface area contributed by atoms with Crippen molar-refractivity contribution in [2.24, 2.45) is 11.8 Å². The van der Waals surface area contributed by atoms with Gasteiger partial charge in [0.05, 0.1) is 0 Å². The standard InChI is InChI=1S/C15H24FN/c1-4-6-12(2)14(11-17-3)9-13-7-5-8-15(16)10-13/h5,7-8,10,12,14,17H,4,6,9,11H2,1-3H3. The third-order valence-electron chi connectivity index (χ3n) is 3.40. The molecule has 0 bridgehead atoms. The normalized spacial score (nSPS) is 14.6. The van der Waals surface area contributed by atoms with Gasteiger partial charge >= 0.3 is 0 Å². The summed E-state index contributed by atoms with van der Waals surface area (Å²) in [4.78, 5) is 0. The number of rotatable bonds is 7. The van der Waals surface area contributed by atoms with Crippen LogP contribution >= 0.6 is 0 Å². The van der Waals surface area contributed by atoms with Gasteiger partial charge < -0.3 is 5.32 Å². The molecule has 1 rings (SSSR count). The average Bonchev–Trinajstić information content (AvgIpc) is 2.29. The van der Waals surface area contributed by atoms with Crippen molar-refractivity contribution in [3.63, 3.8) is 0 Å². The molecule has 0 amide bonds. The Balaban J connectivity index is 2.65. The van der Waals surface area contributed by atoms with Gasteiger partial charge in [0.15, 0.2) is 0 Å². The van der Waals surface area contributed by atoms with Crippen LogP contribution in [-0.2, 0) is 6.42 Å². The Kier molecular flexibility index (Phi) is 6.20. The van der Waals surface area contributed by atoms with Crippen LogP contribution in [0.5, 0.6) is 0 Å². The largest absolute Gasteiger partial charge is 0.319 e. The zero-order valence-electron chi connectivity index (χ0n) is 11.2. The molecule has 0 spiro atoms. The Labute approximate surface area is 104 Å². The van der Waals surface area contributed by atoms with Gasteiger partial charge in [-0.25, -0.2) is 4.39 Å². The van der Waals surface area contributed by atoms with Gasteiger partial charge in [0, 0.05) is 0 Å². The minimum Gasteiger partial charge on any atom is -0.319 e. The van der Waals surface area contributed by atoms with Crippen molar-refractivity contribution < 1.29 is 4.39 Å². The third kappa shape index (κ3) is 4.86. The molecule has 2 unspecified atom stereocenters. The van der Waals surface area contributed by atoms with E-state index >= 15 is 0 Å². The first kappa shape index (κ1) is 14.2. The molecule has 96 valence electrons. The summed E-state index contributed by atoms with van der Waals surface area (Å²) in [6.07, 6.45) is 3.41. The lowest BCUT2D eigenvalue weighted by molar-refractivity contribution is 0.324. The fourth-order valence-corrected chi connectivity index (χ4v) is 2.39. The molecular weight excluding hydrogens is 213 g/mol. The third-order valence-corrected chi connectivity index (χ3v) is 3.40. The van der Waals surface area contributed by atoms with Crippen LogP contribution in [0.3, 0.4) is 0 Å². The summed E-state index contributed by atoms with van der Waals surface area (Å²) in [5.41, 5.74) is 1.10. The molecule has 0 aromatic heterocycles. The maximum Gasteiger partial charge on any atom is 0.123 e. The Hall–Kier alpha value is -0.890. The Morgan fingerprint density at radius 3 is 2.71 bits per heavy atom. The highest BCUT2D eigenvalue weighted by Gasteiger charge is 2.16. The summed E-state index contributed by atoms with van der Waals surface area (Å²) in [5, 5.41) is 3.25. The summed E-state index contributed by atoms with van der Waals surface area (Å²) < 4.78 is 13.1. The maximum absolute atomic E-state index is 13.1. The van der Waals surface area contributed by atoms with Crippen molar-refractivity contribution in [3.05, 3.63) is 35.6 Å². The zero-order valence-corrected chi connectivity index (χ0v) is 11.2. The molecule has 1 nitrogen and oxygen atoms in total. The van der Waals surface area contributed by atoms with Gasteiger partial charge in [-0.15, -0.1) is 0 Å². The van der Waals surface area contributed by atoms with Crippen LogP contribution in [-0.4, -0.2) is 13.6 Å². The van der Waals surface area contributed by atoms with Crippen LogP contribution in [0.2, 0.25) is 0 Å². The van der Waals surface area contributed by atoms with Crippen LogP contribution in [0.25, 0.3) is 0 Å². The summed E-state index contributed by atoms with van der Waals surface area (Å²) >= 11 is 0. The van der Waals surface area contributed by atoms with Crippen molar-refractivity contribution >= 4 is 0 Å². The molecule has 0 aliphatic carbocycles. The minimum atomic E-state index is -0.131. The van der Waals surface area contributed by atoms with Crippen molar-refractivity contribution in [1.82, 2.24) is 5.32 Å². The number of nitrogens with one attached hydrogen (secondary N) is 1. The smallest absolute Gasteiger partial charge is 0.123 e. The van der Waals surface area contributed by atoms with Gasteiger partial charge in [-0.1, -0.05) is 38.8 Å². The fraction of sp³-hybridized carbons (Fsp3) is 0.600. The molecule has 0 aliphatic heterocycles. The molecular formula is C15H24FN. The van der Waals surface area contributed by atoms with E-state index in [0.29, 0.717) is 11.8 Å². The molecule has 1 aromatic carbocycles. The van der Waals surface area contributed by atoms with E-state index in [2.05, 4.69) is 19.2 Å². The van der Waals surface area contributed by atoms with Crippen LogP contribution in [0, 0.1) is 17.7 Å². The SMILES string of the molecule is CCCC(C)C(CNC)Cc1cccc(F)c1. The van der Waals surface area contributed by atoms with Gasteiger partial charge in [-0.05, 0) is 49.5 Å². The van der Waals surface area contributed by atoms with E-state index in [1.807, 2.05) is 13.1 Å². The van der Waals surface area contributed by atoms with E-state index in [1.54, 1.807) is 12.1 Å². The molecule has 0 radical (unpaired) electrons. The number of hydrogen-bond acceptors (Lipinski definition) is 1. The maximum atomic E-state index is 13.1. The summed E-state index contributed by atoms with van der Waals surface area (Å²) in [6, 6.07) is 6.98. The van der Waals surface area contributed by atoms with E-state index in [1.165, 1.54) is 18.9 Å². The van der Waals surface area contributed by atoms with E-state index in [9.17, 15) is 4.39 Å². The highest BCUT2D eigenvalue weighted by Crippen LogP contribution is 2.21. The highest BCUT2D eigenvalue weighted by atomic mass is 19.1. The van der Waals surface area contributed by atoms with Crippen molar-refractivity contribution in [2.45, 2.75) is 33.1 Å². The van der Waals surface area contributed by atoms with Crippen LogP contribution < -0.4 is 5.32 Å². The van der Waals surface area contributed by atoms with Crippen LogP contribution in [0.1, 0.15) is 32.3 Å². The van der Waals surface area contributed by atoms with Crippen LogP contribution in [0.4, 0.5) is 4.39 Å². The topological polar surface area (TPSA) is 12.0 Å². The van der Waals surface area contributed by atoms with Gasteiger partial charge in [-0.3, -0.25) is 0 Å². The molecule has 1 aromatic rings. The predicted molar refractivity (Wildman–Crippen MR) is 71.6 cm³/mol. The fourth-order valence-electron chi connectivity index (χ4n) is 2.39. The second-order valence-electron chi connectivity index (χ2n) is 4.92. The molecule has 0 aliphatic rings. The van der Waals surface area contributed by atoms with Gasteiger partial charge in [0.1, 0.15) is 5.82 Å². The van der Waals surface area contributed by atoms with Crippen molar-refractivity contribution in [2.75, 3.05) is 13.6 Å². The molecule has 0 fully saturated rings. The second-order valence-corrected chi connectivity index (χ2v) is 4.92. The van der Waals surface area contributed by atoms with E-state index < -0.39 is 0 Å². The molecule has 2 atom stereocenters. The first-order valence-corrected chi connectivity index (χ1v) is 6.56. The monoisotopic (exact) mass is 237 g/mol.